The summed E-state index contributed by atoms with van der Waals surface area (Å²) in [7, 11) is 3.20. The highest BCUT2D eigenvalue weighted by Gasteiger charge is 2.28. The average molecular weight is 398 g/mol. The summed E-state index contributed by atoms with van der Waals surface area (Å²) in [5.41, 5.74) is 3.32. The van der Waals surface area contributed by atoms with Crippen LogP contribution < -0.4 is 9.47 Å². The summed E-state index contributed by atoms with van der Waals surface area (Å²) in [4.78, 5) is 0. The van der Waals surface area contributed by atoms with Crippen molar-refractivity contribution in [3.8, 4) is 17.4 Å². The van der Waals surface area contributed by atoms with Crippen LogP contribution in [0.15, 0.2) is 46.6 Å². The zero-order chi connectivity index (χ0) is 19.7. The zero-order valence-electron chi connectivity index (χ0n) is 16.2. The summed E-state index contributed by atoms with van der Waals surface area (Å²) in [5, 5.41) is 20.5. The van der Waals surface area contributed by atoms with Gasteiger partial charge in [0.1, 0.15) is 0 Å². The van der Waals surface area contributed by atoms with E-state index in [0.29, 0.717) is 17.2 Å². The maximum Gasteiger partial charge on any atom is 0.221 e. The Balaban J connectivity index is 1.83. The summed E-state index contributed by atoms with van der Waals surface area (Å²) < 4.78 is 12.8. The fraction of sp³-hybridized carbons (Fsp3) is 0.333. The predicted octanol–water partition coefficient (Wildman–Crippen LogP) is 5.63. The Kier molecular flexibility index (Phi) is 5.17. The van der Waals surface area contributed by atoms with E-state index >= 15 is 0 Å². The van der Waals surface area contributed by atoms with E-state index < -0.39 is 0 Å². The van der Waals surface area contributed by atoms with Crippen molar-refractivity contribution in [1.82, 2.24) is 4.57 Å². The number of aromatic hydroxyl groups is 1. The van der Waals surface area contributed by atoms with E-state index in [9.17, 15) is 5.11 Å². The molecule has 1 aromatic heterocycles. The van der Waals surface area contributed by atoms with Crippen molar-refractivity contribution in [3.05, 3.63) is 42.0 Å². The molecule has 0 aliphatic carbocycles. The van der Waals surface area contributed by atoms with E-state index in [1.165, 1.54) is 5.56 Å². The van der Waals surface area contributed by atoms with E-state index in [1.807, 2.05) is 52.7 Å². The molecule has 28 heavy (non-hydrogen) atoms. The summed E-state index contributed by atoms with van der Waals surface area (Å²) >= 11 is 1.86. The molecule has 2 aromatic carbocycles. The van der Waals surface area contributed by atoms with Crippen molar-refractivity contribution in [1.29, 1.82) is 0 Å². The lowest BCUT2D eigenvalue weighted by Crippen LogP contribution is -2.22. The van der Waals surface area contributed by atoms with Gasteiger partial charge in [0, 0.05) is 23.0 Å². The smallest absolute Gasteiger partial charge is 0.221 e. The van der Waals surface area contributed by atoms with Crippen molar-refractivity contribution >= 4 is 34.0 Å². The zero-order valence-corrected chi connectivity index (χ0v) is 17.0. The molecule has 2 heterocycles. The molecule has 0 bridgehead atoms. The predicted molar refractivity (Wildman–Crippen MR) is 113 cm³/mol. The summed E-state index contributed by atoms with van der Waals surface area (Å²) in [5.74, 6) is 3.27. The molecule has 0 spiro atoms. The van der Waals surface area contributed by atoms with Crippen LogP contribution in [-0.4, -0.2) is 35.4 Å². The third kappa shape index (κ3) is 3.20. The van der Waals surface area contributed by atoms with Crippen LogP contribution in [0.5, 0.6) is 17.4 Å². The average Bonchev–Trinajstić information content (AvgIpc) is 2.95. The highest BCUT2D eigenvalue weighted by Crippen LogP contribution is 2.47. The lowest BCUT2D eigenvalue weighted by molar-refractivity contribution is 0.355. The van der Waals surface area contributed by atoms with Crippen LogP contribution in [0.4, 0.5) is 11.4 Å². The van der Waals surface area contributed by atoms with Gasteiger partial charge in [-0.25, -0.2) is 0 Å². The molecule has 1 N–H and O–H groups in total. The number of hydrogen-bond donors (Lipinski definition) is 1. The van der Waals surface area contributed by atoms with Gasteiger partial charge >= 0.3 is 0 Å². The Morgan fingerprint density at radius 1 is 1.07 bits per heavy atom. The third-order valence-electron chi connectivity index (χ3n) is 5.05. The van der Waals surface area contributed by atoms with E-state index in [2.05, 4.69) is 17.2 Å². The van der Waals surface area contributed by atoms with Gasteiger partial charge in [-0.1, -0.05) is 19.1 Å². The van der Waals surface area contributed by atoms with E-state index in [-0.39, 0.29) is 11.9 Å². The van der Waals surface area contributed by atoms with Crippen molar-refractivity contribution < 1.29 is 14.6 Å². The van der Waals surface area contributed by atoms with E-state index in [4.69, 9.17) is 9.47 Å². The number of rotatable bonds is 6. The number of thioether (sulfide) groups is 1. The van der Waals surface area contributed by atoms with E-state index in [1.54, 1.807) is 14.2 Å². The Bertz CT molecular complexity index is 1020. The second kappa shape index (κ2) is 7.75. The second-order valence-electron chi connectivity index (χ2n) is 6.68. The molecule has 146 valence electrons. The lowest BCUT2D eigenvalue weighted by atomic mass is 10.2. The minimum Gasteiger partial charge on any atom is -0.493 e. The fourth-order valence-corrected chi connectivity index (χ4v) is 4.10. The number of nitrogens with zero attached hydrogens (tertiary/aromatic N) is 3. The highest BCUT2D eigenvalue weighted by molar-refractivity contribution is 8.00. The first-order valence-corrected chi connectivity index (χ1v) is 10.4. The molecule has 1 fully saturated rings. The number of hydrogen-bond acceptors (Lipinski definition) is 6. The van der Waals surface area contributed by atoms with Crippen LogP contribution in [0.25, 0.3) is 10.9 Å². The third-order valence-corrected chi connectivity index (χ3v) is 6.29. The maximum atomic E-state index is 11.0. The fourth-order valence-electron chi connectivity index (χ4n) is 3.35. The molecule has 0 atom stereocenters. The van der Waals surface area contributed by atoms with Gasteiger partial charge < -0.3 is 19.1 Å². The number of fused-ring (bicyclic) bond motifs is 1. The van der Waals surface area contributed by atoms with Crippen LogP contribution >= 0.6 is 11.8 Å². The second-order valence-corrected chi connectivity index (χ2v) is 7.75. The van der Waals surface area contributed by atoms with Crippen LogP contribution in [0.3, 0.4) is 0 Å². The van der Waals surface area contributed by atoms with Gasteiger partial charge in [-0.3, -0.25) is 0 Å². The number of azo groups is 1. The number of ether oxygens (including phenoxy) is 2. The van der Waals surface area contributed by atoms with Crippen LogP contribution in [0, 0.1) is 0 Å². The maximum absolute atomic E-state index is 11.0. The number of methoxy groups -OCH3 is 2. The minimum absolute atomic E-state index is 0.129. The molecule has 1 aliphatic rings. The number of aromatic nitrogens is 1. The molecule has 0 radical (unpaired) electrons. The first kappa shape index (κ1) is 18.7. The Morgan fingerprint density at radius 3 is 2.32 bits per heavy atom. The molecule has 0 unspecified atom stereocenters. The summed E-state index contributed by atoms with van der Waals surface area (Å²) in [6, 6.07) is 11.9. The number of benzene rings is 2. The lowest BCUT2D eigenvalue weighted by Gasteiger charge is -2.28. The van der Waals surface area contributed by atoms with Gasteiger partial charge in [0.15, 0.2) is 17.2 Å². The monoisotopic (exact) mass is 397 g/mol. The van der Waals surface area contributed by atoms with Crippen LogP contribution in [0.2, 0.25) is 0 Å². The highest BCUT2D eigenvalue weighted by atomic mass is 32.2. The van der Waals surface area contributed by atoms with Gasteiger partial charge in [-0.2, -0.15) is 16.9 Å². The first-order valence-electron chi connectivity index (χ1n) is 9.23. The van der Waals surface area contributed by atoms with E-state index in [0.717, 1.165) is 34.5 Å². The Hall–Kier alpha value is -2.67. The van der Waals surface area contributed by atoms with Crippen molar-refractivity contribution in [3.63, 3.8) is 0 Å². The quantitative estimate of drug-likeness (QED) is 0.547. The minimum atomic E-state index is 0.129. The standard InChI is InChI=1S/C21H23N3O3S/c1-4-13-5-7-14(8-6-13)22-23-20-16-9-18(26-2)19(27-3)10-17(16)24(21(20)25)15-11-28-12-15/h5-10,15,25H,4,11-12H2,1-3H3. The molecule has 0 amide bonds. The first-order chi connectivity index (χ1) is 13.7. The topological polar surface area (TPSA) is 68.3 Å². The molecular formula is C21H23N3O3S. The van der Waals surface area contributed by atoms with Gasteiger partial charge in [0.05, 0.1) is 31.5 Å². The largest absolute Gasteiger partial charge is 0.493 e. The normalized spacial score (nSPS) is 14.5. The Morgan fingerprint density at radius 2 is 1.75 bits per heavy atom. The summed E-state index contributed by atoms with van der Waals surface area (Å²) in [6.45, 7) is 2.11. The van der Waals surface area contributed by atoms with Gasteiger partial charge in [-0.05, 0) is 30.2 Å². The molecule has 1 saturated heterocycles. The van der Waals surface area contributed by atoms with Crippen molar-refractivity contribution in [2.45, 2.75) is 19.4 Å². The number of aryl methyl sites for hydroxylation is 1. The van der Waals surface area contributed by atoms with Crippen molar-refractivity contribution in [2.75, 3.05) is 25.7 Å². The van der Waals surface area contributed by atoms with Gasteiger partial charge in [-0.15, -0.1) is 5.11 Å². The van der Waals surface area contributed by atoms with Crippen LogP contribution in [0.1, 0.15) is 18.5 Å². The molecule has 6 nitrogen and oxygen atoms in total. The molecular weight excluding hydrogens is 374 g/mol. The SMILES string of the molecule is CCc1ccc(N=Nc2c(O)n(C3CSC3)c3cc(OC)c(OC)cc23)cc1. The van der Waals surface area contributed by atoms with Gasteiger partial charge in [0.2, 0.25) is 5.88 Å². The van der Waals surface area contributed by atoms with Crippen LogP contribution in [-0.2, 0) is 6.42 Å². The molecule has 1 aliphatic heterocycles. The van der Waals surface area contributed by atoms with Crippen molar-refractivity contribution in [2.24, 2.45) is 10.2 Å². The van der Waals surface area contributed by atoms with Gasteiger partial charge in [0.25, 0.3) is 0 Å². The summed E-state index contributed by atoms with van der Waals surface area (Å²) in [6.07, 6.45) is 0.979. The molecule has 0 saturated carbocycles. The molecule has 4 rings (SSSR count). The molecule has 3 aromatic rings. The Labute approximate surface area is 168 Å². The molecule has 7 heteroatoms.